The molecule has 0 amide bonds. The Bertz CT molecular complexity index is 420. The van der Waals surface area contributed by atoms with Crippen molar-refractivity contribution in [1.29, 1.82) is 0 Å². The summed E-state index contributed by atoms with van der Waals surface area (Å²) in [5.41, 5.74) is 5.69. The van der Waals surface area contributed by atoms with Crippen LogP contribution in [0.15, 0.2) is 24.3 Å². The van der Waals surface area contributed by atoms with Crippen molar-refractivity contribution in [2.75, 3.05) is 6.54 Å². The summed E-state index contributed by atoms with van der Waals surface area (Å²) in [5.74, 6) is -2.66. The minimum Gasteiger partial charge on any atom is -0.481 e. The molecule has 0 aliphatic heterocycles. The van der Waals surface area contributed by atoms with Crippen LogP contribution in [0.1, 0.15) is 12.0 Å². The van der Waals surface area contributed by atoms with E-state index in [4.69, 9.17) is 10.8 Å². The number of benzene rings is 1. The van der Waals surface area contributed by atoms with Gasteiger partial charge < -0.3 is 10.8 Å². The number of halogens is 1. The Hall–Kier alpha value is -1.75. The zero-order valence-electron chi connectivity index (χ0n) is 9.23. The molecule has 0 radical (unpaired) electrons. The van der Waals surface area contributed by atoms with Gasteiger partial charge in [-0.05, 0) is 24.1 Å². The molecule has 92 valence electrons. The fourth-order valence-corrected chi connectivity index (χ4v) is 1.55. The summed E-state index contributed by atoms with van der Waals surface area (Å²) in [6, 6.07) is 5.69. The van der Waals surface area contributed by atoms with Gasteiger partial charge in [-0.2, -0.15) is 0 Å². The molecule has 1 atom stereocenters. The number of rotatable bonds is 6. The highest BCUT2D eigenvalue weighted by Crippen LogP contribution is 2.14. The number of carbonyl (C=O) groups is 2. The fraction of sp³-hybridized carbons (Fsp3) is 0.333. The summed E-state index contributed by atoms with van der Waals surface area (Å²) in [6.45, 7) is -0.174. The van der Waals surface area contributed by atoms with Crippen molar-refractivity contribution in [3.8, 4) is 0 Å². The second kappa shape index (κ2) is 6.10. The van der Waals surface area contributed by atoms with Gasteiger partial charge >= 0.3 is 5.97 Å². The predicted molar refractivity (Wildman–Crippen MR) is 59.9 cm³/mol. The number of ketones is 1. The van der Waals surface area contributed by atoms with Gasteiger partial charge in [-0.3, -0.25) is 9.59 Å². The molecule has 1 rings (SSSR count). The summed E-state index contributed by atoms with van der Waals surface area (Å²) < 4.78 is 12.9. The molecule has 0 heterocycles. The topological polar surface area (TPSA) is 80.4 Å². The van der Waals surface area contributed by atoms with Crippen molar-refractivity contribution in [3.63, 3.8) is 0 Å². The molecule has 5 heteroatoms. The molecule has 0 aliphatic rings. The van der Waals surface area contributed by atoms with Gasteiger partial charge in [0.2, 0.25) is 0 Å². The molecule has 3 N–H and O–H groups in total. The van der Waals surface area contributed by atoms with Gasteiger partial charge in [0.15, 0.2) is 0 Å². The maximum Gasteiger partial charge on any atom is 0.307 e. The lowest BCUT2D eigenvalue weighted by atomic mass is 9.94. The third kappa shape index (κ3) is 4.32. The average Bonchev–Trinajstić information content (AvgIpc) is 2.27. The summed E-state index contributed by atoms with van der Waals surface area (Å²) in [6.07, 6.45) is 0.00117. The van der Waals surface area contributed by atoms with Crippen LogP contribution in [-0.2, 0) is 16.0 Å². The van der Waals surface area contributed by atoms with E-state index in [1.807, 2.05) is 0 Å². The standard InChI is InChI=1S/C12H14FNO3/c13-10-3-1-2-8(5-10)4-9(12(16)17)6-11(15)7-14/h1-3,5,9H,4,6-7,14H2,(H,16,17). The van der Waals surface area contributed by atoms with E-state index in [2.05, 4.69) is 0 Å². The van der Waals surface area contributed by atoms with E-state index in [0.29, 0.717) is 5.56 Å². The number of hydrogen-bond donors (Lipinski definition) is 2. The normalized spacial score (nSPS) is 12.1. The van der Waals surface area contributed by atoms with Crippen LogP contribution in [0.3, 0.4) is 0 Å². The van der Waals surface area contributed by atoms with Crippen LogP contribution in [0, 0.1) is 11.7 Å². The Morgan fingerprint density at radius 1 is 1.41 bits per heavy atom. The maximum atomic E-state index is 12.9. The number of carbonyl (C=O) groups excluding carboxylic acids is 1. The van der Waals surface area contributed by atoms with Crippen LogP contribution in [0.2, 0.25) is 0 Å². The molecular weight excluding hydrogens is 225 g/mol. The van der Waals surface area contributed by atoms with Gasteiger partial charge in [-0.1, -0.05) is 12.1 Å². The quantitative estimate of drug-likeness (QED) is 0.775. The number of nitrogens with two attached hydrogens (primary N) is 1. The zero-order valence-corrected chi connectivity index (χ0v) is 9.23. The van der Waals surface area contributed by atoms with Gasteiger partial charge in [-0.25, -0.2) is 4.39 Å². The van der Waals surface area contributed by atoms with Crippen LogP contribution in [0.5, 0.6) is 0 Å². The maximum absolute atomic E-state index is 12.9. The largest absolute Gasteiger partial charge is 0.481 e. The molecular formula is C12H14FNO3. The van der Waals surface area contributed by atoms with Crippen molar-refractivity contribution in [2.24, 2.45) is 11.7 Å². The van der Waals surface area contributed by atoms with Gasteiger partial charge in [0, 0.05) is 6.42 Å². The Balaban J connectivity index is 2.73. The molecule has 0 saturated heterocycles. The minimum atomic E-state index is -1.07. The molecule has 17 heavy (non-hydrogen) atoms. The molecule has 1 unspecified atom stereocenters. The first kappa shape index (κ1) is 13.3. The van der Waals surface area contributed by atoms with Gasteiger partial charge in [0.25, 0.3) is 0 Å². The fourth-order valence-electron chi connectivity index (χ4n) is 1.55. The number of Topliss-reactive ketones (excluding diaryl/α,β-unsaturated/α-hetero) is 1. The van der Waals surface area contributed by atoms with E-state index in [0.717, 1.165) is 0 Å². The number of carboxylic acid groups (broad SMARTS) is 1. The Labute approximate surface area is 98.2 Å². The van der Waals surface area contributed by atoms with Crippen molar-refractivity contribution >= 4 is 11.8 Å². The van der Waals surface area contributed by atoms with Gasteiger partial charge in [-0.15, -0.1) is 0 Å². The average molecular weight is 239 g/mol. The number of hydrogen-bond acceptors (Lipinski definition) is 3. The van der Waals surface area contributed by atoms with Crippen molar-refractivity contribution in [1.82, 2.24) is 0 Å². The molecule has 0 bridgehead atoms. The highest BCUT2D eigenvalue weighted by molar-refractivity contribution is 5.85. The molecule has 0 fully saturated rings. The molecule has 0 saturated carbocycles. The first-order valence-electron chi connectivity index (χ1n) is 5.22. The van der Waals surface area contributed by atoms with E-state index in [9.17, 15) is 14.0 Å². The molecule has 1 aromatic rings. The first-order valence-corrected chi connectivity index (χ1v) is 5.22. The summed E-state index contributed by atoms with van der Waals surface area (Å²) >= 11 is 0. The third-order valence-electron chi connectivity index (χ3n) is 2.42. The first-order chi connectivity index (χ1) is 8.02. The smallest absolute Gasteiger partial charge is 0.307 e. The van der Waals surface area contributed by atoms with Crippen molar-refractivity contribution in [2.45, 2.75) is 12.8 Å². The van der Waals surface area contributed by atoms with Crippen LogP contribution >= 0.6 is 0 Å². The Morgan fingerprint density at radius 2 is 2.12 bits per heavy atom. The summed E-state index contributed by atoms with van der Waals surface area (Å²) in [7, 11) is 0. The molecule has 0 aromatic heterocycles. The highest BCUT2D eigenvalue weighted by atomic mass is 19.1. The molecule has 0 aliphatic carbocycles. The minimum absolute atomic E-state index is 0.123. The van der Waals surface area contributed by atoms with E-state index in [1.165, 1.54) is 18.2 Å². The summed E-state index contributed by atoms with van der Waals surface area (Å²) in [5, 5.41) is 8.96. The van der Waals surface area contributed by atoms with Crippen LogP contribution in [0.25, 0.3) is 0 Å². The van der Waals surface area contributed by atoms with Crippen molar-refractivity contribution in [3.05, 3.63) is 35.6 Å². The Morgan fingerprint density at radius 3 is 2.65 bits per heavy atom. The number of aliphatic carboxylic acids is 1. The lowest BCUT2D eigenvalue weighted by Crippen LogP contribution is -2.24. The lowest BCUT2D eigenvalue weighted by Gasteiger charge is -2.11. The molecule has 0 spiro atoms. The van der Waals surface area contributed by atoms with Crippen LogP contribution in [0.4, 0.5) is 4.39 Å². The van der Waals surface area contributed by atoms with E-state index >= 15 is 0 Å². The SMILES string of the molecule is NCC(=O)CC(Cc1cccc(F)c1)C(=O)O. The number of carboxylic acids is 1. The second-order valence-electron chi connectivity index (χ2n) is 3.82. The van der Waals surface area contributed by atoms with E-state index in [1.54, 1.807) is 6.07 Å². The zero-order chi connectivity index (χ0) is 12.8. The Kier molecular flexibility index (Phi) is 4.78. The van der Waals surface area contributed by atoms with Crippen LogP contribution in [-0.4, -0.2) is 23.4 Å². The van der Waals surface area contributed by atoms with Gasteiger partial charge in [0.05, 0.1) is 12.5 Å². The molecule has 4 nitrogen and oxygen atoms in total. The summed E-state index contributed by atoms with van der Waals surface area (Å²) in [4.78, 5) is 22.1. The lowest BCUT2D eigenvalue weighted by molar-refractivity contribution is -0.143. The van der Waals surface area contributed by atoms with Crippen LogP contribution < -0.4 is 5.73 Å². The predicted octanol–water partition coefficient (Wildman–Crippen LogP) is 0.987. The second-order valence-corrected chi connectivity index (χ2v) is 3.82. The van der Waals surface area contributed by atoms with E-state index < -0.39 is 17.7 Å². The van der Waals surface area contributed by atoms with Gasteiger partial charge in [0.1, 0.15) is 11.6 Å². The van der Waals surface area contributed by atoms with Crippen molar-refractivity contribution < 1.29 is 19.1 Å². The highest BCUT2D eigenvalue weighted by Gasteiger charge is 2.21. The van der Waals surface area contributed by atoms with E-state index in [-0.39, 0.29) is 25.2 Å². The monoisotopic (exact) mass is 239 g/mol. The molecule has 1 aromatic carbocycles. The third-order valence-corrected chi connectivity index (χ3v) is 2.42.